The van der Waals surface area contributed by atoms with E-state index >= 15 is 0 Å². The summed E-state index contributed by atoms with van der Waals surface area (Å²) in [5.41, 5.74) is 6.56. The second-order valence-corrected chi connectivity index (χ2v) is 21.4. The summed E-state index contributed by atoms with van der Waals surface area (Å²) >= 11 is -3.46. The molecular formula is C49H34FGeN3. The second-order valence-electron chi connectivity index (χ2n) is 13.4. The first-order chi connectivity index (χ1) is 26.6. The Morgan fingerprint density at radius 2 is 0.907 bits per heavy atom. The second kappa shape index (κ2) is 14.0. The normalized spacial score (nSPS) is 11.4. The van der Waals surface area contributed by atoms with E-state index in [4.69, 9.17) is 6.57 Å². The van der Waals surface area contributed by atoms with E-state index in [1.54, 1.807) is 0 Å². The Hall–Kier alpha value is -6.68. The maximum atomic E-state index is 14.0. The molecule has 1 heterocycles. The van der Waals surface area contributed by atoms with Crippen molar-refractivity contribution < 1.29 is 4.39 Å². The van der Waals surface area contributed by atoms with Crippen LogP contribution in [-0.4, -0.2) is 17.8 Å². The summed E-state index contributed by atoms with van der Waals surface area (Å²) in [4.78, 5) is 5.93. The molecule has 0 bridgehead atoms. The number of benzene rings is 8. The van der Waals surface area contributed by atoms with Crippen molar-refractivity contribution in [1.82, 2.24) is 4.57 Å². The molecule has 0 spiro atoms. The Labute approximate surface area is 317 Å². The van der Waals surface area contributed by atoms with Crippen molar-refractivity contribution in [3.8, 4) is 5.69 Å². The molecule has 0 aliphatic rings. The quantitative estimate of drug-likeness (QED) is 0.111. The predicted octanol–water partition coefficient (Wildman–Crippen LogP) is 10.3. The van der Waals surface area contributed by atoms with Crippen LogP contribution in [0.2, 0.25) is 0 Å². The van der Waals surface area contributed by atoms with Gasteiger partial charge >= 0.3 is 296 Å². The molecule has 54 heavy (non-hydrogen) atoms. The van der Waals surface area contributed by atoms with Crippen LogP contribution >= 0.6 is 0 Å². The van der Waals surface area contributed by atoms with Crippen molar-refractivity contribution in [2.24, 2.45) is 0 Å². The Kier molecular flexibility index (Phi) is 8.63. The molecule has 0 fully saturated rings. The number of halogens is 1. The molecule has 5 heteroatoms. The number of hydrogen-bond acceptors (Lipinski definition) is 1. The van der Waals surface area contributed by atoms with E-state index in [2.05, 4.69) is 166 Å². The summed E-state index contributed by atoms with van der Waals surface area (Å²) in [6.07, 6.45) is 0. The summed E-state index contributed by atoms with van der Waals surface area (Å²) in [6, 6.07) is 71.6. The third-order valence-electron chi connectivity index (χ3n) is 10.4. The van der Waals surface area contributed by atoms with Crippen LogP contribution in [0, 0.1) is 12.4 Å². The SMILES string of the molecule is [C-]#[N+]c1ccc(N(c2cc[c]([Ge]([c]3ccccc3)([c]3ccccc3)[c]3ccccc3)cc2)c2ccc3c(c2)c2ccccc2n3-c2ccc(F)cc2)cc1. The first kappa shape index (κ1) is 33.2. The van der Waals surface area contributed by atoms with E-state index in [-0.39, 0.29) is 5.82 Å². The summed E-state index contributed by atoms with van der Waals surface area (Å²) in [5, 5.41) is 2.21. The first-order valence-corrected chi connectivity index (χ1v) is 22.2. The first-order valence-electron chi connectivity index (χ1n) is 18.0. The summed E-state index contributed by atoms with van der Waals surface area (Å²) in [5.74, 6) is -0.259. The molecule has 3 nitrogen and oxygen atoms in total. The molecule has 0 saturated carbocycles. The van der Waals surface area contributed by atoms with Crippen molar-refractivity contribution in [3.63, 3.8) is 0 Å². The predicted molar refractivity (Wildman–Crippen MR) is 225 cm³/mol. The number of aromatic nitrogens is 1. The van der Waals surface area contributed by atoms with Crippen molar-refractivity contribution in [2.45, 2.75) is 0 Å². The van der Waals surface area contributed by atoms with Gasteiger partial charge in [-0.05, 0) is 12.1 Å². The monoisotopic (exact) mass is 757 g/mol. The molecule has 0 unspecified atom stereocenters. The topological polar surface area (TPSA) is 12.5 Å². The fourth-order valence-electron chi connectivity index (χ4n) is 8.02. The van der Waals surface area contributed by atoms with E-state index in [1.165, 1.54) is 29.7 Å². The van der Waals surface area contributed by atoms with Crippen molar-refractivity contribution in [1.29, 1.82) is 0 Å². The van der Waals surface area contributed by atoms with Gasteiger partial charge in [0.2, 0.25) is 0 Å². The third-order valence-corrected chi connectivity index (χ3v) is 20.5. The van der Waals surface area contributed by atoms with Gasteiger partial charge in [-0.25, -0.2) is 4.39 Å². The van der Waals surface area contributed by atoms with E-state index < -0.39 is 13.3 Å². The zero-order valence-corrected chi connectivity index (χ0v) is 31.4. The van der Waals surface area contributed by atoms with Gasteiger partial charge in [0, 0.05) is 0 Å². The Balaban J connectivity index is 1.24. The minimum atomic E-state index is -3.46. The molecule has 256 valence electrons. The van der Waals surface area contributed by atoms with E-state index in [0.717, 1.165) is 44.6 Å². The van der Waals surface area contributed by atoms with Gasteiger partial charge < -0.3 is 0 Å². The van der Waals surface area contributed by atoms with Crippen LogP contribution in [0.3, 0.4) is 0 Å². The molecule has 9 aromatic rings. The van der Waals surface area contributed by atoms with Gasteiger partial charge in [-0.1, -0.05) is 0 Å². The maximum absolute atomic E-state index is 14.0. The average molecular weight is 756 g/mol. The van der Waals surface area contributed by atoms with Crippen LogP contribution in [-0.2, 0) is 0 Å². The van der Waals surface area contributed by atoms with Crippen molar-refractivity contribution in [3.05, 3.63) is 223 Å². The van der Waals surface area contributed by atoms with Crippen LogP contribution < -0.4 is 22.5 Å². The molecule has 9 rings (SSSR count). The van der Waals surface area contributed by atoms with Crippen LogP contribution in [0.25, 0.3) is 32.3 Å². The van der Waals surface area contributed by atoms with E-state index in [1.807, 2.05) is 42.5 Å². The van der Waals surface area contributed by atoms with Gasteiger partial charge in [0.25, 0.3) is 0 Å². The summed E-state index contributed by atoms with van der Waals surface area (Å²) in [7, 11) is 0. The number of rotatable bonds is 8. The number of fused-ring (bicyclic) bond motifs is 3. The molecule has 0 aliphatic carbocycles. The molecule has 0 amide bonds. The van der Waals surface area contributed by atoms with Crippen LogP contribution in [0.4, 0.5) is 27.1 Å². The van der Waals surface area contributed by atoms with E-state index in [9.17, 15) is 4.39 Å². The Bertz CT molecular complexity index is 2660. The molecule has 0 radical (unpaired) electrons. The minimum absolute atomic E-state index is 0.259. The zero-order valence-electron chi connectivity index (χ0n) is 29.3. The molecule has 1 aromatic heterocycles. The van der Waals surface area contributed by atoms with Crippen molar-refractivity contribution in [2.75, 3.05) is 4.90 Å². The van der Waals surface area contributed by atoms with Crippen LogP contribution in [0.5, 0.6) is 0 Å². The van der Waals surface area contributed by atoms with Gasteiger partial charge in [0.15, 0.2) is 0 Å². The van der Waals surface area contributed by atoms with Gasteiger partial charge in [-0.3, -0.25) is 0 Å². The molecular weight excluding hydrogens is 722 g/mol. The Morgan fingerprint density at radius 1 is 0.444 bits per heavy atom. The average Bonchev–Trinajstić information content (AvgIpc) is 3.57. The van der Waals surface area contributed by atoms with Gasteiger partial charge in [0.1, 0.15) is 5.82 Å². The zero-order chi connectivity index (χ0) is 36.5. The van der Waals surface area contributed by atoms with Gasteiger partial charge in [-0.2, -0.15) is 0 Å². The van der Waals surface area contributed by atoms with Crippen LogP contribution in [0.15, 0.2) is 206 Å². The number of hydrogen-bond donors (Lipinski definition) is 0. The number of para-hydroxylation sites is 1. The summed E-state index contributed by atoms with van der Waals surface area (Å²) < 4.78 is 21.6. The van der Waals surface area contributed by atoms with Gasteiger partial charge in [0.05, 0.1) is 0 Å². The fraction of sp³-hybridized carbons (Fsp3) is 0. The Morgan fingerprint density at radius 3 is 1.46 bits per heavy atom. The number of nitrogens with zero attached hydrogens (tertiary/aromatic N) is 3. The molecule has 0 aliphatic heterocycles. The standard InChI is InChI=1S/C49H34FGeN3/c1-52-41-25-31-43(32-26-41)53(45-33-34-49-47(35-45)46-19-11-12-20-48(46)54(49)44-27-21-36(50)22-28-44)42-29-23-40(24-30-42)51(37-13-5-2-6-14-37,38-15-7-3-8-16-38)39-17-9-4-10-18-39/h2-35H. The molecule has 0 N–H and O–H groups in total. The van der Waals surface area contributed by atoms with Gasteiger partial charge in [-0.15, -0.1) is 0 Å². The fourth-order valence-corrected chi connectivity index (χ4v) is 18.0. The van der Waals surface area contributed by atoms with Crippen molar-refractivity contribution >= 4 is 75.4 Å². The third kappa shape index (κ3) is 5.67. The number of anilines is 3. The molecule has 8 aromatic carbocycles. The molecule has 0 atom stereocenters. The van der Waals surface area contributed by atoms with E-state index in [0.29, 0.717) is 5.69 Å². The molecule has 0 saturated heterocycles. The summed E-state index contributed by atoms with van der Waals surface area (Å²) in [6.45, 7) is 7.59. The van der Waals surface area contributed by atoms with Crippen LogP contribution in [0.1, 0.15) is 0 Å².